The Morgan fingerprint density at radius 3 is 2.50 bits per heavy atom. The van der Waals surface area contributed by atoms with Crippen LogP contribution in [0.4, 0.5) is 14.5 Å². The van der Waals surface area contributed by atoms with E-state index in [1.54, 1.807) is 19.1 Å². The number of rotatable bonds is 6. The van der Waals surface area contributed by atoms with Crippen LogP contribution in [0.25, 0.3) is 0 Å². The van der Waals surface area contributed by atoms with Crippen LogP contribution in [-0.2, 0) is 0 Å². The molecule has 0 fully saturated rings. The molecule has 102 valence electrons. The molecule has 0 heterocycles. The number of hydrogen-bond donors (Lipinski definition) is 2. The lowest BCUT2D eigenvalue weighted by Gasteiger charge is -2.25. The van der Waals surface area contributed by atoms with Gasteiger partial charge in [-0.2, -0.15) is 0 Å². The average Bonchev–Trinajstić information content (AvgIpc) is 2.27. The number of benzene rings is 1. The number of aliphatic hydroxyl groups excluding tert-OH is 2. The molecule has 0 spiro atoms. The van der Waals surface area contributed by atoms with Crippen molar-refractivity contribution in [3.63, 3.8) is 0 Å². The molecule has 18 heavy (non-hydrogen) atoms. The van der Waals surface area contributed by atoms with Gasteiger partial charge in [0.05, 0.1) is 30.0 Å². The van der Waals surface area contributed by atoms with E-state index in [4.69, 9.17) is 16.7 Å². The molecule has 2 N–H and O–H groups in total. The monoisotopic (exact) mass is 279 g/mol. The summed E-state index contributed by atoms with van der Waals surface area (Å²) in [6, 6.07) is 4.74. The third-order valence-corrected chi connectivity index (χ3v) is 2.83. The molecule has 3 nitrogen and oxygen atoms in total. The molecule has 0 aliphatic carbocycles. The Hall–Kier alpha value is -0.910. The summed E-state index contributed by atoms with van der Waals surface area (Å²) in [5.74, 6) is 0. The van der Waals surface area contributed by atoms with E-state index < -0.39 is 19.1 Å². The maximum atomic E-state index is 12.4. The maximum absolute atomic E-state index is 12.4. The van der Waals surface area contributed by atoms with Gasteiger partial charge in [0.1, 0.15) is 0 Å². The molecule has 0 saturated carbocycles. The van der Waals surface area contributed by atoms with Crippen molar-refractivity contribution in [2.75, 3.05) is 24.6 Å². The molecular weight excluding hydrogens is 264 g/mol. The van der Waals surface area contributed by atoms with Crippen LogP contribution >= 0.6 is 11.6 Å². The van der Waals surface area contributed by atoms with Gasteiger partial charge in [0.25, 0.3) is 6.43 Å². The van der Waals surface area contributed by atoms with Gasteiger partial charge in [-0.25, -0.2) is 8.78 Å². The standard InChI is InChI=1S/C12H16ClF2NO2/c1-8(18)9-2-3-11(10(13)6-9)16(4-5-17)7-12(14)15/h2-3,6,8,12,17-18H,4-5,7H2,1H3/t8-/m0/s1. The first-order valence-corrected chi connectivity index (χ1v) is 5.95. The summed E-state index contributed by atoms with van der Waals surface area (Å²) in [4.78, 5) is 1.32. The highest BCUT2D eigenvalue weighted by molar-refractivity contribution is 6.33. The van der Waals surface area contributed by atoms with E-state index >= 15 is 0 Å². The molecule has 0 saturated heterocycles. The number of alkyl halides is 2. The van der Waals surface area contributed by atoms with Crippen LogP contribution in [-0.4, -0.2) is 36.3 Å². The van der Waals surface area contributed by atoms with Crippen molar-refractivity contribution in [2.24, 2.45) is 0 Å². The highest BCUT2D eigenvalue weighted by Crippen LogP contribution is 2.29. The Kier molecular flexibility index (Phi) is 5.78. The number of aliphatic hydroxyl groups is 2. The van der Waals surface area contributed by atoms with E-state index in [1.807, 2.05) is 0 Å². The first-order valence-electron chi connectivity index (χ1n) is 5.57. The number of hydrogen-bond acceptors (Lipinski definition) is 3. The molecule has 0 unspecified atom stereocenters. The van der Waals surface area contributed by atoms with Crippen molar-refractivity contribution in [1.29, 1.82) is 0 Å². The molecule has 0 aliphatic heterocycles. The number of nitrogens with zero attached hydrogens (tertiary/aromatic N) is 1. The summed E-state index contributed by atoms with van der Waals surface area (Å²) < 4.78 is 24.9. The smallest absolute Gasteiger partial charge is 0.255 e. The van der Waals surface area contributed by atoms with E-state index in [1.165, 1.54) is 11.0 Å². The summed E-state index contributed by atoms with van der Waals surface area (Å²) in [6.45, 7) is 0.948. The summed E-state index contributed by atoms with van der Waals surface area (Å²) in [5.41, 5.74) is 1.04. The van der Waals surface area contributed by atoms with Gasteiger partial charge < -0.3 is 15.1 Å². The lowest BCUT2D eigenvalue weighted by molar-refractivity contribution is 0.153. The van der Waals surface area contributed by atoms with Crippen LogP contribution in [0.1, 0.15) is 18.6 Å². The number of halogens is 3. The van der Waals surface area contributed by atoms with Gasteiger partial charge in [-0.15, -0.1) is 0 Å². The Labute approximate surface area is 110 Å². The fraction of sp³-hybridized carbons (Fsp3) is 0.500. The lowest BCUT2D eigenvalue weighted by atomic mass is 10.1. The van der Waals surface area contributed by atoms with Crippen LogP contribution in [0.5, 0.6) is 0 Å². The fourth-order valence-corrected chi connectivity index (χ4v) is 1.95. The van der Waals surface area contributed by atoms with Gasteiger partial charge in [0.2, 0.25) is 0 Å². The van der Waals surface area contributed by atoms with Crippen molar-refractivity contribution in [1.82, 2.24) is 0 Å². The Morgan fingerprint density at radius 2 is 2.06 bits per heavy atom. The molecule has 6 heteroatoms. The van der Waals surface area contributed by atoms with Gasteiger partial charge in [0, 0.05) is 6.54 Å². The van der Waals surface area contributed by atoms with Crippen molar-refractivity contribution >= 4 is 17.3 Å². The first-order chi connectivity index (χ1) is 8.45. The van der Waals surface area contributed by atoms with Crippen LogP contribution in [0.3, 0.4) is 0 Å². The minimum atomic E-state index is -2.51. The predicted octanol–water partition coefficient (Wildman–Crippen LogP) is 2.46. The molecule has 0 aromatic heterocycles. The maximum Gasteiger partial charge on any atom is 0.255 e. The van der Waals surface area contributed by atoms with Crippen LogP contribution in [0, 0.1) is 0 Å². The third-order valence-electron chi connectivity index (χ3n) is 2.52. The van der Waals surface area contributed by atoms with E-state index in [0.29, 0.717) is 11.3 Å². The largest absolute Gasteiger partial charge is 0.395 e. The SMILES string of the molecule is C[C@H](O)c1ccc(N(CCO)CC(F)F)c(Cl)c1. The molecule has 1 aromatic carbocycles. The van der Waals surface area contributed by atoms with Crippen LogP contribution in [0.2, 0.25) is 5.02 Å². The van der Waals surface area contributed by atoms with Crippen molar-refractivity contribution < 1.29 is 19.0 Å². The minimum absolute atomic E-state index is 0.0814. The van der Waals surface area contributed by atoms with Crippen LogP contribution in [0.15, 0.2) is 18.2 Å². The highest BCUT2D eigenvalue weighted by Gasteiger charge is 2.16. The van der Waals surface area contributed by atoms with Gasteiger partial charge in [-0.05, 0) is 24.6 Å². The predicted molar refractivity (Wildman–Crippen MR) is 67.4 cm³/mol. The van der Waals surface area contributed by atoms with E-state index in [9.17, 15) is 13.9 Å². The Balaban J connectivity index is 2.97. The molecule has 0 amide bonds. The second kappa shape index (κ2) is 6.87. The molecule has 0 aliphatic rings. The van der Waals surface area contributed by atoms with E-state index in [2.05, 4.69) is 0 Å². The zero-order valence-corrected chi connectivity index (χ0v) is 10.7. The second-order valence-corrected chi connectivity index (χ2v) is 4.35. The zero-order valence-electron chi connectivity index (χ0n) is 9.98. The van der Waals surface area contributed by atoms with Crippen molar-refractivity contribution in [2.45, 2.75) is 19.5 Å². The summed E-state index contributed by atoms with van der Waals surface area (Å²) in [7, 11) is 0. The minimum Gasteiger partial charge on any atom is -0.395 e. The number of anilines is 1. The van der Waals surface area contributed by atoms with E-state index in [0.717, 1.165) is 0 Å². The summed E-state index contributed by atoms with van der Waals surface area (Å²) in [5, 5.41) is 18.5. The fourth-order valence-electron chi connectivity index (χ4n) is 1.64. The molecule has 1 atom stereocenters. The van der Waals surface area contributed by atoms with Gasteiger partial charge in [0.15, 0.2) is 0 Å². The van der Waals surface area contributed by atoms with Crippen molar-refractivity contribution in [3.8, 4) is 0 Å². The average molecular weight is 280 g/mol. The van der Waals surface area contributed by atoms with E-state index in [-0.39, 0.29) is 18.2 Å². The first kappa shape index (κ1) is 15.1. The molecular formula is C12H16ClF2NO2. The Morgan fingerprint density at radius 1 is 1.39 bits per heavy atom. The van der Waals surface area contributed by atoms with Gasteiger partial charge in [-0.1, -0.05) is 17.7 Å². The normalized spacial score (nSPS) is 12.8. The Bertz CT molecular complexity index is 388. The molecule has 0 bridgehead atoms. The lowest BCUT2D eigenvalue weighted by Crippen LogP contribution is -2.31. The topological polar surface area (TPSA) is 43.7 Å². The summed E-state index contributed by atoms with van der Waals surface area (Å²) in [6.07, 6.45) is -3.18. The highest BCUT2D eigenvalue weighted by atomic mass is 35.5. The molecule has 1 aromatic rings. The second-order valence-electron chi connectivity index (χ2n) is 3.95. The zero-order chi connectivity index (χ0) is 13.7. The quantitative estimate of drug-likeness (QED) is 0.841. The molecule has 0 radical (unpaired) electrons. The summed E-state index contributed by atoms with van der Waals surface area (Å²) >= 11 is 6.01. The third kappa shape index (κ3) is 4.08. The molecule has 1 rings (SSSR count). The van der Waals surface area contributed by atoms with Gasteiger partial charge >= 0.3 is 0 Å². The van der Waals surface area contributed by atoms with Crippen LogP contribution < -0.4 is 4.90 Å². The van der Waals surface area contributed by atoms with Crippen molar-refractivity contribution in [3.05, 3.63) is 28.8 Å². The van der Waals surface area contributed by atoms with Gasteiger partial charge in [-0.3, -0.25) is 0 Å².